The molecule has 0 bridgehead atoms. The van der Waals surface area contributed by atoms with E-state index < -0.39 is 23.5 Å². The van der Waals surface area contributed by atoms with Crippen LogP contribution in [0, 0.1) is 0 Å². The normalized spacial score (nSPS) is 13.4. The predicted molar refractivity (Wildman–Crippen MR) is 327 cm³/mol. The van der Waals surface area contributed by atoms with Crippen LogP contribution in [0.4, 0.5) is 26.3 Å². The molecule has 12 rings (SSSR count). The summed E-state index contributed by atoms with van der Waals surface area (Å²) in [6.07, 6.45) is -9.67. The Morgan fingerprint density at radius 3 is 0.562 bits per heavy atom. The molecule has 0 aliphatic heterocycles. The molecule has 0 nitrogen and oxygen atoms in total. The summed E-state index contributed by atoms with van der Waals surface area (Å²) in [5, 5.41) is 7.14. The lowest BCUT2D eigenvalue weighted by Gasteiger charge is -2.28. The van der Waals surface area contributed by atoms with E-state index in [2.05, 4.69) is 132 Å². The van der Waals surface area contributed by atoms with Gasteiger partial charge >= 0.3 is 12.4 Å². The van der Waals surface area contributed by atoms with Gasteiger partial charge in [-0.1, -0.05) is 229 Å². The highest BCUT2D eigenvalue weighted by molar-refractivity contribution is 6.47. The van der Waals surface area contributed by atoms with Crippen molar-refractivity contribution in [2.75, 3.05) is 0 Å². The van der Waals surface area contributed by atoms with E-state index in [4.69, 9.17) is 0 Å². The Morgan fingerprint density at radius 1 is 0.212 bits per heavy atom. The zero-order chi connectivity index (χ0) is 57.0. The van der Waals surface area contributed by atoms with E-state index in [-0.39, 0.29) is 21.7 Å². The molecule has 402 valence electrons. The molecule has 0 saturated carbocycles. The highest BCUT2D eigenvalue weighted by Gasteiger charge is 2.37. The van der Waals surface area contributed by atoms with Gasteiger partial charge in [-0.2, -0.15) is 26.3 Å². The largest absolute Gasteiger partial charge is 0.416 e. The molecule has 0 N–H and O–H groups in total. The number of fused-ring (bicyclic) bond motifs is 8. The van der Waals surface area contributed by atoms with Crippen LogP contribution in [0.15, 0.2) is 170 Å². The lowest BCUT2D eigenvalue weighted by molar-refractivity contribution is -0.138. The van der Waals surface area contributed by atoms with E-state index >= 15 is 26.3 Å². The van der Waals surface area contributed by atoms with Gasteiger partial charge in [-0.3, -0.25) is 0 Å². The van der Waals surface area contributed by atoms with Crippen LogP contribution in [0.3, 0.4) is 0 Å². The Bertz CT molecular complexity index is 3890. The van der Waals surface area contributed by atoms with Crippen LogP contribution in [0.5, 0.6) is 0 Å². The molecular formula is C74H64F6. The van der Waals surface area contributed by atoms with Crippen molar-refractivity contribution >= 4 is 75.4 Å². The van der Waals surface area contributed by atoms with Crippen molar-refractivity contribution in [2.24, 2.45) is 0 Å². The summed E-state index contributed by atoms with van der Waals surface area (Å²) >= 11 is 0. The monoisotopic (exact) mass is 1070 g/mol. The average molecular weight is 1070 g/mol. The van der Waals surface area contributed by atoms with Gasteiger partial charge in [-0.25, -0.2) is 0 Å². The van der Waals surface area contributed by atoms with Gasteiger partial charge in [0.1, 0.15) is 0 Å². The molecule has 0 atom stereocenters. The third-order valence-electron chi connectivity index (χ3n) is 16.8. The van der Waals surface area contributed by atoms with Crippen molar-refractivity contribution in [3.8, 4) is 44.5 Å². The zero-order valence-corrected chi connectivity index (χ0v) is 47.4. The van der Waals surface area contributed by atoms with Crippen molar-refractivity contribution in [1.82, 2.24) is 0 Å². The van der Waals surface area contributed by atoms with Crippen LogP contribution < -0.4 is 0 Å². The van der Waals surface area contributed by atoms with E-state index in [1.54, 1.807) is 0 Å². The molecule has 0 unspecified atom stereocenters. The molecule has 0 radical (unpaired) electrons. The summed E-state index contributed by atoms with van der Waals surface area (Å²) in [6, 6.07) is 53.4. The SMILES string of the molecule is CC(C)(C)c1ccc(-c2c3ccccc3c(-c3ccc(C(C)(C)C)cc3)c3c4cc(C(F)(F)F)cc5c6c(-c7ccc(C(C)(C)C)cc7)c7ccccc7c(-c7ccc(C(C)(C)C)cc7)c6c6cc(C(F)(F)F)cc(c23)c6c45)cc1. The van der Waals surface area contributed by atoms with Crippen LogP contribution in [0.25, 0.3) is 120 Å². The molecule has 0 aliphatic carbocycles. The second-order valence-electron chi connectivity index (χ2n) is 26.3. The molecule has 6 heteroatoms. The minimum Gasteiger partial charge on any atom is -0.166 e. The fourth-order valence-electron chi connectivity index (χ4n) is 12.6. The molecule has 12 aromatic carbocycles. The second kappa shape index (κ2) is 17.9. The molecule has 0 saturated heterocycles. The van der Waals surface area contributed by atoms with Crippen molar-refractivity contribution in [1.29, 1.82) is 0 Å². The number of hydrogen-bond donors (Lipinski definition) is 0. The maximum absolute atomic E-state index is 16.4. The summed E-state index contributed by atoms with van der Waals surface area (Å²) in [5.41, 5.74) is 7.24. The van der Waals surface area contributed by atoms with E-state index in [1.165, 1.54) is 24.3 Å². The first-order valence-electron chi connectivity index (χ1n) is 27.6. The second-order valence-corrected chi connectivity index (χ2v) is 26.3. The van der Waals surface area contributed by atoms with Crippen LogP contribution in [-0.4, -0.2) is 0 Å². The molecule has 0 amide bonds. The van der Waals surface area contributed by atoms with Crippen molar-refractivity contribution in [2.45, 2.75) is 117 Å². The number of hydrogen-bond acceptors (Lipinski definition) is 0. The Kier molecular flexibility index (Phi) is 11.9. The lowest BCUT2D eigenvalue weighted by Crippen LogP contribution is -2.10. The molecular weight excluding hydrogens is 1000 g/mol. The Hall–Kier alpha value is -7.70. The first kappa shape index (κ1) is 53.0. The first-order chi connectivity index (χ1) is 37.5. The molecule has 12 aromatic rings. The maximum atomic E-state index is 16.4. The van der Waals surface area contributed by atoms with Crippen molar-refractivity contribution in [3.63, 3.8) is 0 Å². The number of rotatable bonds is 4. The Balaban J connectivity index is 1.44. The van der Waals surface area contributed by atoms with Gasteiger partial charge in [-0.15, -0.1) is 0 Å². The van der Waals surface area contributed by atoms with Gasteiger partial charge < -0.3 is 0 Å². The standard InChI is InChI=1S/C74H64F6/c1-69(2,3)45-29-21-41(22-30-45)59-51-17-13-14-18-52(51)60(42-23-31-46(32-24-42)70(4,5)6)66-56-38-50(74(78,79)80)40-58-64(56)63-55(65(59)66)37-49(73(75,76)77)39-57(63)67-61(43-25-33-47(34-26-43)71(7,8)9)53-19-15-16-20-54(53)62(68(58)67)44-27-35-48(36-28-44)72(10,11)12/h13-40H,1-12H3. The number of alkyl halides is 6. The Labute approximate surface area is 464 Å². The highest BCUT2D eigenvalue weighted by Crippen LogP contribution is 2.58. The third kappa shape index (κ3) is 8.59. The molecule has 0 fully saturated rings. The summed E-state index contributed by atoms with van der Waals surface area (Å²) in [4.78, 5) is 0. The van der Waals surface area contributed by atoms with E-state index in [0.29, 0.717) is 76.1 Å². The van der Waals surface area contributed by atoms with E-state index in [0.717, 1.165) is 66.1 Å². The summed E-state index contributed by atoms with van der Waals surface area (Å²) in [5.74, 6) is 0. The minimum atomic E-state index is -4.83. The van der Waals surface area contributed by atoms with Gasteiger partial charge in [0.15, 0.2) is 0 Å². The van der Waals surface area contributed by atoms with Gasteiger partial charge in [0.05, 0.1) is 11.1 Å². The summed E-state index contributed by atoms with van der Waals surface area (Å²) < 4.78 is 98.5. The van der Waals surface area contributed by atoms with Crippen LogP contribution in [0.2, 0.25) is 0 Å². The van der Waals surface area contributed by atoms with Crippen molar-refractivity contribution < 1.29 is 26.3 Å². The quantitative estimate of drug-likeness (QED) is 0.0936. The van der Waals surface area contributed by atoms with Crippen LogP contribution in [0.1, 0.15) is 116 Å². The average Bonchev–Trinajstić information content (AvgIpc) is 3.08. The van der Waals surface area contributed by atoms with Crippen LogP contribution >= 0.6 is 0 Å². The summed E-state index contributed by atoms with van der Waals surface area (Å²) in [7, 11) is 0. The topological polar surface area (TPSA) is 0 Å². The molecule has 0 heterocycles. The third-order valence-corrected chi connectivity index (χ3v) is 16.8. The fourth-order valence-corrected chi connectivity index (χ4v) is 12.6. The predicted octanol–water partition coefficient (Wildman–Crippen LogP) is 23.1. The molecule has 0 aliphatic rings. The van der Waals surface area contributed by atoms with Gasteiger partial charge in [-0.05, 0) is 188 Å². The lowest BCUT2D eigenvalue weighted by atomic mass is 9.75. The zero-order valence-electron chi connectivity index (χ0n) is 47.4. The molecule has 0 aromatic heterocycles. The van der Waals surface area contributed by atoms with Gasteiger partial charge in [0, 0.05) is 0 Å². The van der Waals surface area contributed by atoms with Gasteiger partial charge in [0.2, 0.25) is 0 Å². The highest BCUT2D eigenvalue weighted by atomic mass is 19.4. The van der Waals surface area contributed by atoms with E-state index in [9.17, 15) is 0 Å². The maximum Gasteiger partial charge on any atom is 0.416 e. The van der Waals surface area contributed by atoms with E-state index in [1.807, 2.05) is 97.1 Å². The summed E-state index contributed by atoms with van der Waals surface area (Å²) in [6.45, 7) is 25.5. The Morgan fingerprint density at radius 2 is 0.400 bits per heavy atom. The molecule has 0 spiro atoms. The van der Waals surface area contributed by atoms with Crippen molar-refractivity contribution in [3.05, 3.63) is 203 Å². The number of halogens is 6. The van der Waals surface area contributed by atoms with Crippen LogP contribution in [-0.2, 0) is 34.0 Å². The smallest absolute Gasteiger partial charge is 0.166 e. The first-order valence-corrected chi connectivity index (χ1v) is 27.6. The minimum absolute atomic E-state index is 0.220. The van der Waals surface area contributed by atoms with Gasteiger partial charge in [0.25, 0.3) is 0 Å². The molecule has 80 heavy (non-hydrogen) atoms. The fraction of sp³-hybridized carbons (Fsp3) is 0.243. The number of benzene rings is 12.